The molecule has 32 heavy (non-hydrogen) atoms. The second kappa shape index (κ2) is 9.52. The first-order chi connectivity index (χ1) is 15.2. The second-order valence-electron chi connectivity index (χ2n) is 6.88. The van der Waals surface area contributed by atoms with Crippen molar-refractivity contribution in [3.8, 4) is 5.75 Å². The molecule has 0 aliphatic rings. The largest absolute Gasteiger partial charge is 0.497 e. The molecule has 0 bridgehead atoms. The molecule has 0 saturated carbocycles. The predicted molar refractivity (Wildman–Crippen MR) is 124 cm³/mol. The highest BCUT2D eigenvalue weighted by Crippen LogP contribution is 2.27. The number of nitrogens with zero attached hydrogens (tertiary/aromatic N) is 1. The van der Waals surface area contributed by atoms with Crippen LogP contribution in [0.4, 0.5) is 17.1 Å². The van der Waals surface area contributed by atoms with E-state index in [9.17, 15) is 18.0 Å². The summed E-state index contributed by atoms with van der Waals surface area (Å²) in [5.41, 5.74) is 1.46. The van der Waals surface area contributed by atoms with Crippen molar-refractivity contribution in [2.45, 2.75) is 11.8 Å². The van der Waals surface area contributed by atoms with Crippen LogP contribution in [0.5, 0.6) is 5.75 Å². The van der Waals surface area contributed by atoms with Crippen LogP contribution in [0, 0.1) is 0 Å². The highest BCUT2D eigenvalue weighted by Gasteiger charge is 2.25. The molecule has 0 radical (unpaired) electrons. The van der Waals surface area contributed by atoms with Crippen LogP contribution in [0.25, 0.3) is 0 Å². The minimum Gasteiger partial charge on any atom is -0.497 e. The van der Waals surface area contributed by atoms with Crippen LogP contribution < -0.4 is 19.7 Å². The van der Waals surface area contributed by atoms with Crippen LogP contribution in [0.1, 0.15) is 17.3 Å². The summed E-state index contributed by atoms with van der Waals surface area (Å²) in [6.45, 7) is 1.37. The molecule has 3 aromatic rings. The van der Waals surface area contributed by atoms with Gasteiger partial charge in [0.2, 0.25) is 5.91 Å². The molecule has 0 heterocycles. The van der Waals surface area contributed by atoms with Gasteiger partial charge in [-0.1, -0.05) is 12.1 Å². The lowest BCUT2D eigenvalue weighted by atomic mass is 10.1. The quantitative estimate of drug-likeness (QED) is 0.567. The highest BCUT2D eigenvalue weighted by atomic mass is 32.2. The van der Waals surface area contributed by atoms with Crippen molar-refractivity contribution in [1.29, 1.82) is 0 Å². The van der Waals surface area contributed by atoms with Crippen LogP contribution in [0.15, 0.2) is 77.7 Å². The number of sulfonamides is 1. The fourth-order valence-electron chi connectivity index (χ4n) is 3.01. The number of rotatable bonds is 7. The van der Waals surface area contributed by atoms with Gasteiger partial charge in [-0.15, -0.1) is 0 Å². The summed E-state index contributed by atoms with van der Waals surface area (Å²) in [5.74, 6) is -0.0536. The number of carbonyl (C=O) groups is 2. The Labute approximate surface area is 186 Å². The maximum absolute atomic E-state index is 13.2. The average molecular weight is 454 g/mol. The number of para-hydroxylation sites is 1. The Kier molecular flexibility index (Phi) is 6.79. The smallest absolute Gasteiger partial charge is 0.264 e. The molecule has 0 aliphatic heterocycles. The summed E-state index contributed by atoms with van der Waals surface area (Å²) in [5, 5.41) is 5.36. The Balaban J connectivity index is 1.87. The van der Waals surface area contributed by atoms with Crippen LogP contribution in [-0.2, 0) is 14.8 Å². The lowest BCUT2D eigenvalue weighted by molar-refractivity contribution is -0.114. The number of benzene rings is 3. The van der Waals surface area contributed by atoms with Crippen molar-refractivity contribution in [3.63, 3.8) is 0 Å². The molecule has 2 amide bonds. The minimum absolute atomic E-state index is 0.0273. The summed E-state index contributed by atoms with van der Waals surface area (Å²) >= 11 is 0. The first kappa shape index (κ1) is 22.8. The van der Waals surface area contributed by atoms with Crippen LogP contribution >= 0.6 is 0 Å². The molecule has 9 heteroatoms. The molecule has 8 nitrogen and oxygen atoms in total. The Morgan fingerprint density at radius 1 is 0.844 bits per heavy atom. The molecule has 0 fully saturated rings. The molecule has 2 N–H and O–H groups in total. The Morgan fingerprint density at radius 2 is 1.41 bits per heavy atom. The van der Waals surface area contributed by atoms with Gasteiger partial charge in [0.05, 0.1) is 23.3 Å². The van der Waals surface area contributed by atoms with Gasteiger partial charge >= 0.3 is 0 Å². The van der Waals surface area contributed by atoms with E-state index in [4.69, 9.17) is 4.74 Å². The highest BCUT2D eigenvalue weighted by molar-refractivity contribution is 7.92. The van der Waals surface area contributed by atoms with E-state index in [1.54, 1.807) is 55.6 Å². The summed E-state index contributed by atoms with van der Waals surface area (Å²) < 4.78 is 32.5. The second-order valence-corrected chi connectivity index (χ2v) is 8.85. The zero-order chi connectivity index (χ0) is 23.3. The average Bonchev–Trinajstić information content (AvgIpc) is 2.79. The first-order valence-corrected chi connectivity index (χ1v) is 11.1. The molecule has 3 aromatic carbocycles. The fraction of sp³-hybridized carbons (Fsp3) is 0.130. The van der Waals surface area contributed by atoms with Crippen molar-refractivity contribution in [1.82, 2.24) is 0 Å². The number of ether oxygens (including phenoxy) is 1. The molecule has 3 rings (SSSR count). The lowest BCUT2D eigenvalue weighted by Gasteiger charge is -2.22. The third kappa shape index (κ3) is 5.06. The number of nitrogens with one attached hydrogen (secondary N) is 2. The maximum atomic E-state index is 13.2. The zero-order valence-corrected chi connectivity index (χ0v) is 18.6. The van der Waals surface area contributed by atoms with Crippen LogP contribution in [0.2, 0.25) is 0 Å². The summed E-state index contributed by atoms with van der Waals surface area (Å²) in [6.07, 6.45) is 0. The Bertz CT molecular complexity index is 1220. The van der Waals surface area contributed by atoms with Crippen molar-refractivity contribution in [3.05, 3.63) is 78.4 Å². The van der Waals surface area contributed by atoms with Gasteiger partial charge in [-0.2, -0.15) is 0 Å². The van der Waals surface area contributed by atoms with Gasteiger partial charge in [-0.25, -0.2) is 8.42 Å². The van der Waals surface area contributed by atoms with Crippen LogP contribution in [-0.4, -0.2) is 34.4 Å². The van der Waals surface area contributed by atoms with E-state index in [0.29, 0.717) is 17.1 Å². The monoisotopic (exact) mass is 453 g/mol. The molecule has 0 aliphatic carbocycles. The van der Waals surface area contributed by atoms with E-state index < -0.39 is 15.9 Å². The summed E-state index contributed by atoms with van der Waals surface area (Å²) in [6, 6.07) is 19.0. The molecule has 0 aromatic heterocycles. The van der Waals surface area contributed by atoms with E-state index in [-0.39, 0.29) is 22.1 Å². The third-order valence-electron chi connectivity index (χ3n) is 4.67. The number of methoxy groups -OCH3 is 1. The molecule has 0 unspecified atom stereocenters. The third-order valence-corrected chi connectivity index (χ3v) is 6.45. The predicted octanol–water partition coefficient (Wildman–Crippen LogP) is 3.73. The van der Waals surface area contributed by atoms with Crippen molar-refractivity contribution in [2.24, 2.45) is 0 Å². The molecule has 166 valence electrons. The first-order valence-electron chi connectivity index (χ1n) is 9.63. The minimum atomic E-state index is -3.95. The molecule has 0 atom stereocenters. The number of hydrogen-bond acceptors (Lipinski definition) is 5. The topological polar surface area (TPSA) is 105 Å². The van der Waals surface area contributed by atoms with Crippen molar-refractivity contribution in [2.75, 3.05) is 29.1 Å². The van der Waals surface area contributed by atoms with Gasteiger partial charge in [0.1, 0.15) is 5.75 Å². The molecular weight excluding hydrogens is 430 g/mol. The zero-order valence-electron chi connectivity index (χ0n) is 17.8. The van der Waals surface area contributed by atoms with Crippen LogP contribution in [0.3, 0.4) is 0 Å². The van der Waals surface area contributed by atoms with E-state index >= 15 is 0 Å². The van der Waals surface area contributed by atoms with Crippen molar-refractivity contribution < 1.29 is 22.7 Å². The Morgan fingerprint density at radius 3 is 2.00 bits per heavy atom. The number of anilines is 3. The maximum Gasteiger partial charge on any atom is 0.264 e. The SMILES string of the molecule is COc1ccc(NC(=O)c2ccccc2N(C)S(=O)(=O)c2ccc(NC(C)=O)cc2)cc1. The van der Waals surface area contributed by atoms with Gasteiger partial charge in [0, 0.05) is 25.3 Å². The van der Waals surface area contributed by atoms with Gasteiger partial charge in [-0.3, -0.25) is 13.9 Å². The van der Waals surface area contributed by atoms with Gasteiger partial charge in [-0.05, 0) is 60.7 Å². The number of carbonyl (C=O) groups excluding carboxylic acids is 2. The van der Waals surface area contributed by atoms with Gasteiger partial charge in [0.25, 0.3) is 15.9 Å². The van der Waals surface area contributed by atoms with Gasteiger partial charge in [0.15, 0.2) is 0 Å². The van der Waals surface area contributed by atoms with Gasteiger partial charge < -0.3 is 15.4 Å². The van der Waals surface area contributed by atoms with E-state index in [1.807, 2.05) is 0 Å². The van der Waals surface area contributed by atoms with E-state index in [2.05, 4.69) is 10.6 Å². The summed E-state index contributed by atoms with van der Waals surface area (Å²) in [7, 11) is -1.02. The molecule has 0 spiro atoms. The fourth-order valence-corrected chi connectivity index (χ4v) is 4.23. The molecular formula is C23H23N3O5S. The standard InChI is InChI=1S/C23H23N3O5S/c1-16(27)24-17-10-14-20(15-11-17)32(29,30)26(2)22-7-5-4-6-21(22)23(28)25-18-8-12-19(31-3)13-9-18/h4-15H,1-3H3,(H,24,27)(H,25,28). The Hall–Kier alpha value is -3.85. The summed E-state index contributed by atoms with van der Waals surface area (Å²) in [4.78, 5) is 24.1. The number of hydrogen-bond donors (Lipinski definition) is 2. The lowest BCUT2D eigenvalue weighted by Crippen LogP contribution is -2.29. The van der Waals surface area contributed by atoms with E-state index in [1.165, 1.54) is 38.2 Å². The number of amides is 2. The van der Waals surface area contributed by atoms with E-state index in [0.717, 1.165) is 4.31 Å². The normalized spacial score (nSPS) is 10.8. The molecule has 0 saturated heterocycles. The van der Waals surface area contributed by atoms with Crippen molar-refractivity contribution >= 4 is 38.9 Å².